The fraction of sp³-hybridized carbons (Fsp3) is 0.188. The van der Waals surface area contributed by atoms with Crippen LogP contribution in [0.3, 0.4) is 0 Å². The van der Waals surface area contributed by atoms with E-state index in [0.29, 0.717) is 0 Å². The molecule has 0 atom stereocenters. The van der Waals surface area contributed by atoms with Gasteiger partial charge in [-0.25, -0.2) is 0 Å². The number of methoxy groups -OCH3 is 1. The van der Waals surface area contributed by atoms with Crippen molar-refractivity contribution in [2.75, 3.05) is 12.9 Å². The third-order valence-electron chi connectivity index (χ3n) is 3.18. The van der Waals surface area contributed by atoms with Crippen LogP contribution in [0.1, 0.15) is 6.92 Å². The molecule has 0 aliphatic rings. The van der Waals surface area contributed by atoms with Crippen LogP contribution in [0.2, 0.25) is 0 Å². The molecule has 0 saturated heterocycles. The van der Waals surface area contributed by atoms with E-state index in [-0.39, 0.29) is 0 Å². The summed E-state index contributed by atoms with van der Waals surface area (Å²) in [4.78, 5) is 4.06. The zero-order valence-corrected chi connectivity index (χ0v) is 13.2. The van der Waals surface area contributed by atoms with Crippen molar-refractivity contribution in [3.8, 4) is 22.8 Å². The van der Waals surface area contributed by atoms with E-state index in [1.54, 1.807) is 31.3 Å². The Kier molecular flexibility index (Phi) is 4.39. The fourth-order valence-corrected chi connectivity index (χ4v) is 2.82. The van der Waals surface area contributed by atoms with Crippen LogP contribution in [0.15, 0.2) is 53.9 Å². The minimum atomic E-state index is 0.809. The summed E-state index contributed by atoms with van der Waals surface area (Å²) in [5.41, 5.74) is 2.00. The Morgan fingerprint density at radius 2 is 1.77 bits per heavy atom. The summed E-state index contributed by atoms with van der Waals surface area (Å²) in [5.74, 6) is 2.57. The molecule has 0 N–H and O–H groups in total. The van der Waals surface area contributed by atoms with Crippen LogP contribution in [-0.2, 0) is 0 Å². The smallest absolute Gasteiger partial charge is 0.196 e. The van der Waals surface area contributed by atoms with E-state index >= 15 is 0 Å². The number of hydrogen-bond acceptors (Lipinski definition) is 5. The molecule has 2 heterocycles. The minimum Gasteiger partial charge on any atom is -0.497 e. The van der Waals surface area contributed by atoms with Crippen molar-refractivity contribution in [1.29, 1.82) is 0 Å². The molecule has 0 bridgehead atoms. The Hall–Kier alpha value is -2.34. The molecular weight excluding hydrogens is 296 g/mol. The third-order valence-corrected chi connectivity index (χ3v) is 3.99. The second-order valence-corrected chi connectivity index (χ2v) is 5.74. The number of pyridine rings is 1. The number of hydrogen-bond donors (Lipinski definition) is 0. The van der Waals surface area contributed by atoms with Gasteiger partial charge in [-0.2, -0.15) is 0 Å². The maximum atomic E-state index is 5.23. The largest absolute Gasteiger partial charge is 0.497 e. The Morgan fingerprint density at radius 1 is 1.05 bits per heavy atom. The van der Waals surface area contributed by atoms with Gasteiger partial charge >= 0.3 is 0 Å². The fourth-order valence-electron chi connectivity index (χ4n) is 2.14. The second kappa shape index (κ2) is 6.62. The molecule has 3 aromatic rings. The summed E-state index contributed by atoms with van der Waals surface area (Å²) < 4.78 is 7.28. The Labute approximate surface area is 133 Å². The van der Waals surface area contributed by atoms with Gasteiger partial charge in [-0.1, -0.05) is 18.7 Å². The van der Waals surface area contributed by atoms with E-state index < -0.39 is 0 Å². The Bertz CT molecular complexity index is 741. The van der Waals surface area contributed by atoms with Gasteiger partial charge < -0.3 is 4.74 Å². The van der Waals surface area contributed by atoms with Gasteiger partial charge in [0.1, 0.15) is 5.75 Å². The highest BCUT2D eigenvalue weighted by Gasteiger charge is 2.15. The SMILES string of the molecule is CCSc1nnc(-c2ccncc2)n1-c1ccc(OC)cc1. The first-order valence-electron chi connectivity index (χ1n) is 6.96. The van der Waals surface area contributed by atoms with E-state index in [1.165, 1.54) is 0 Å². The summed E-state index contributed by atoms with van der Waals surface area (Å²) in [5, 5.41) is 9.56. The zero-order valence-electron chi connectivity index (χ0n) is 12.4. The standard InChI is InChI=1S/C16H16N4OS/c1-3-22-16-19-18-15(12-8-10-17-11-9-12)20(16)13-4-6-14(21-2)7-5-13/h4-11H,3H2,1-2H3. The molecule has 22 heavy (non-hydrogen) atoms. The molecule has 0 radical (unpaired) electrons. The first-order chi connectivity index (χ1) is 10.8. The maximum absolute atomic E-state index is 5.23. The molecule has 0 amide bonds. The lowest BCUT2D eigenvalue weighted by Crippen LogP contribution is -2.00. The number of rotatable bonds is 5. The number of benzene rings is 1. The molecule has 0 fully saturated rings. The van der Waals surface area contributed by atoms with Crippen molar-refractivity contribution in [1.82, 2.24) is 19.7 Å². The van der Waals surface area contributed by atoms with Crippen LogP contribution in [0, 0.1) is 0 Å². The summed E-state index contributed by atoms with van der Waals surface area (Å²) in [6.07, 6.45) is 3.52. The highest BCUT2D eigenvalue weighted by atomic mass is 32.2. The van der Waals surface area contributed by atoms with Crippen LogP contribution in [-0.4, -0.2) is 32.6 Å². The van der Waals surface area contributed by atoms with Crippen molar-refractivity contribution < 1.29 is 4.74 Å². The third kappa shape index (κ3) is 2.82. The average molecular weight is 312 g/mol. The van der Waals surface area contributed by atoms with Crippen LogP contribution in [0.25, 0.3) is 17.1 Å². The van der Waals surface area contributed by atoms with Crippen LogP contribution >= 0.6 is 11.8 Å². The van der Waals surface area contributed by atoms with Gasteiger partial charge in [0.15, 0.2) is 11.0 Å². The molecule has 0 unspecified atom stereocenters. The normalized spacial score (nSPS) is 10.6. The molecule has 2 aromatic heterocycles. The quantitative estimate of drug-likeness (QED) is 0.675. The van der Waals surface area contributed by atoms with Crippen molar-refractivity contribution >= 4 is 11.8 Å². The van der Waals surface area contributed by atoms with Gasteiger partial charge in [-0.05, 0) is 42.2 Å². The van der Waals surface area contributed by atoms with E-state index in [2.05, 4.69) is 26.7 Å². The molecule has 0 spiro atoms. The topological polar surface area (TPSA) is 52.8 Å². The highest BCUT2D eigenvalue weighted by Crippen LogP contribution is 2.28. The van der Waals surface area contributed by atoms with Gasteiger partial charge in [0.05, 0.1) is 7.11 Å². The second-order valence-electron chi connectivity index (χ2n) is 4.51. The molecule has 0 aliphatic heterocycles. The highest BCUT2D eigenvalue weighted by molar-refractivity contribution is 7.99. The minimum absolute atomic E-state index is 0.809. The van der Waals surface area contributed by atoms with E-state index in [0.717, 1.165) is 33.7 Å². The van der Waals surface area contributed by atoms with Gasteiger partial charge in [-0.3, -0.25) is 9.55 Å². The molecule has 0 aliphatic carbocycles. The maximum Gasteiger partial charge on any atom is 0.196 e. The summed E-state index contributed by atoms with van der Waals surface area (Å²) >= 11 is 1.66. The monoisotopic (exact) mass is 312 g/mol. The molecule has 112 valence electrons. The van der Waals surface area contributed by atoms with Crippen molar-refractivity contribution in [2.45, 2.75) is 12.1 Å². The predicted octanol–water partition coefficient (Wildman–Crippen LogP) is 3.45. The summed E-state index contributed by atoms with van der Waals surface area (Å²) in [7, 11) is 1.66. The van der Waals surface area contributed by atoms with Crippen LogP contribution in [0.5, 0.6) is 5.75 Å². The molecule has 1 aromatic carbocycles. The van der Waals surface area contributed by atoms with Gasteiger partial charge in [0, 0.05) is 23.6 Å². The molecule has 5 nitrogen and oxygen atoms in total. The Morgan fingerprint density at radius 3 is 2.41 bits per heavy atom. The molecular formula is C16H16N4OS. The van der Waals surface area contributed by atoms with Crippen molar-refractivity contribution in [2.24, 2.45) is 0 Å². The van der Waals surface area contributed by atoms with Crippen molar-refractivity contribution in [3.05, 3.63) is 48.8 Å². The van der Waals surface area contributed by atoms with E-state index in [9.17, 15) is 0 Å². The number of aromatic nitrogens is 4. The van der Waals surface area contributed by atoms with E-state index in [4.69, 9.17) is 4.74 Å². The Balaban J connectivity index is 2.12. The lowest BCUT2D eigenvalue weighted by Gasteiger charge is -2.10. The van der Waals surface area contributed by atoms with Gasteiger partial charge in [0.25, 0.3) is 0 Å². The first-order valence-corrected chi connectivity index (χ1v) is 7.95. The average Bonchev–Trinajstić information content (AvgIpc) is 3.00. The number of ether oxygens (including phenoxy) is 1. The summed E-state index contributed by atoms with van der Waals surface area (Å²) in [6, 6.07) is 11.8. The molecule has 3 rings (SSSR count). The molecule has 6 heteroatoms. The van der Waals surface area contributed by atoms with Gasteiger partial charge in [0.2, 0.25) is 0 Å². The number of nitrogens with zero attached hydrogens (tertiary/aromatic N) is 4. The predicted molar refractivity (Wildman–Crippen MR) is 87.5 cm³/mol. The van der Waals surface area contributed by atoms with E-state index in [1.807, 2.05) is 36.4 Å². The molecule has 0 saturated carbocycles. The zero-order chi connectivity index (χ0) is 15.4. The lowest BCUT2D eigenvalue weighted by atomic mass is 10.2. The number of thioether (sulfide) groups is 1. The van der Waals surface area contributed by atoms with Crippen LogP contribution < -0.4 is 4.74 Å². The lowest BCUT2D eigenvalue weighted by molar-refractivity contribution is 0.414. The van der Waals surface area contributed by atoms with Crippen LogP contribution in [0.4, 0.5) is 0 Å². The van der Waals surface area contributed by atoms with Gasteiger partial charge in [-0.15, -0.1) is 10.2 Å². The summed E-state index contributed by atoms with van der Waals surface area (Å²) in [6.45, 7) is 2.10. The first kappa shape index (κ1) is 14.6. The van der Waals surface area contributed by atoms with Crippen molar-refractivity contribution in [3.63, 3.8) is 0 Å².